The van der Waals surface area contributed by atoms with Crippen LogP contribution in [0.15, 0.2) is 18.2 Å². The number of primary amides is 1. The Morgan fingerprint density at radius 3 is 2.80 bits per heavy atom. The van der Waals surface area contributed by atoms with Crippen LogP contribution in [0.4, 0.5) is 5.69 Å². The van der Waals surface area contributed by atoms with Crippen LogP contribution in [-0.2, 0) is 0 Å². The van der Waals surface area contributed by atoms with Crippen LogP contribution in [0.25, 0.3) is 0 Å². The SMILES string of the molecule is NC(=O)c1cccc(N)c1OCC1CC1. The third-order valence-corrected chi connectivity index (χ3v) is 2.47. The molecule has 1 aromatic rings. The molecule has 80 valence electrons. The molecule has 1 amide bonds. The summed E-state index contributed by atoms with van der Waals surface area (Å²) in [5, 5.41) is 0. The molecular formula is C11H14N2O2. The topological polar surface area (TPSA) is 78.3 Å². The summed E-state index contributed by atoms with van der Waals surface area (Å²) in [5.74, 6) is 0.537. The van der Waals surface area contributed by atoms with Crippen LogP contribution in [0, 0.1) is 5.92 Å². The predicted octanol–water partition coefficient (Wildman–Crippen LogP) is 1.16. The Balaban J connectivity index is 2.20. The van der Waals surface area contributed by atoms with Gasteiger partial charge >= 0.3 is 0 Å². The fourth-order valence-electron chi connectivity index (χ4n) is 1.40. The summed E-state index contributed by atoms with van der Waals surface area (Å²) in [7, 11) is 0. The predicted molar refractivity (Wildman–Crippen MR) is 57.6 cm³/mol. The van der Waals surface area contributed by atoms with Gasteiger partial charge in [-0.1, -0.05) is 6.07 Å². The molecule has 0 bridgehead atoms. The molecule has 0 radical (unpaired) electrons. The number of rotatable bonds is 4. The Bertz CT molecular complexity index is 386. The molecule has 4 N–H and O–H groups in total. The minimum absolute atomic E-state index is 0.357. The van der Waals surface area contributed by atoms with Gasteiger partial charge in [0.05, 0.1) is 17.9 Å². The Morgan fingerprint density at radius 1 is 1.47 bits per heavy atom. The molecular weight excluding hydrogens is 192 g/mol. The minimum atomic E-state index is -0.506. The molecule has 4 heteroatoms. The number of anilines is 1. The third-order valence-electron chi connectivity index (χ3n) is 2.47. The second kappa shape index (κ2) is 3.81. The quantitative estimate of drug-likeness (QED) is 0.725. The number of hydrogen-bond acceptors (Lipinski definition) is 3. The van der Waals surface area contributed by atoms with Gasteiger partial charge in [-0.15, -0.1) is 0 Å². The monoisotopic (exact) mass is 206 g/mol. The van der Waals surface area contributed by atoms with Crippen molar-refractivity contribution in [3.63, 3.8) is 0 Å². The summed E-state index contributed by atoms with van der Waals surface area (Å²) in [6.45, 7) is 0.620. The summed E-state index contributed by atoms with van der Waals surface area (Å²) >= 11 is 0. The maximum atomic E-state index is 11.1. The lowest BCUT2D eigenvalue weighted by molar-refractivity contribution is 0.0996. The van der Waals surface area contributed by atoms with Crippen molar-refractivity contribution in [2.75, 3.05) is 12.3 Å². The van der Waals surface area contributed by atoms with E-state index in [0.717, 1.165) is 0 Å². The molecule has 1 fully saturated rings. The van der Waals surface area contributed by atoms with Crippen molar-refractivity contribution in [2.45, 2.75) is 12.8 Å². The van der Waals surface area contributed by atoms with E-state index in [0.29, 0.717) is 29.5 Å². The molecule has 1 aliphatic rings. The van der Waals surface area contributed by atoms with E-state index in [9.17, 15) is 4.79 Å². The molecule has 0 spiro atoms. The van der Waals surface area contributed by atoms with Crippen LogP contribution in [0.1, 0.15) is 23.2 Å². The second-order valence-electron chi connectivity index (χ2n) is 3.84. The van der Waals surface area contributed by atoms with Gasteiger partial charge in [0.25, 0.3) is 5.91 Å². The largest absolute Gasteiger partial charge is 0.490 e. The van der Waals surface area contributed by atoms with Gasteiger partial charge in [0, 0.05) is 0 Å². The van der Waals surface area contributed by atoms with Gasteiger partial charge in [0.1, 0.15) is 0 Å². The van der Waals surface area contributed by atoms with E-state index in [-0.39, 0.29) is 0 Å². The summed E-state index contributed by atoms with van der Waals surface area (Å²) in [6, 6.07) is 5.02. The summed E-state index contributed by atoms with van der Waals surface area (Å²) in [5.41, 5.74) is 11.8. The lowest BCUT2D eigenvalue weighted by Gasteiger charge is -2.11. The van der Waals surface area contributed by atoms with Gasteiger partial charge in [-0.3, -0.25) is 4.79 Å². The van der Waals surface area contributed by atoms with Gasteiger partial charge in [0.15, 0.2) is 5.75 Å². The molecule has 0 aromatic heterocycles. The van der Waals surface area contributed by atoms with Gasteiger partial charge in [0.2, 0.25) is 0 Å². The lowest BCUT2D eigenvalue weighted by atomic mass is 10.1. The molecule has 1 aromatic carbocycles. The lowest BCUT2D eigenvalue weighted by Crippen LogP contribution is -2.14. The number of nitrogens with two attached hydrogens (primary N) is 2. The van der Waals surface area contributed by atoms with Crippen LogP contribution in [0.5, 0.6) is 5.75 Å². The molecule has 0 saturated heterocycles. The number of ether oxygens (including phenoxy) is 1. The fourth-order valence-corrected chi connectivity index (χ4v) is 1.40. The van der Waals surface area contributed by atoms with Gasteiger partial charge < -0.3 is 16.2 Å². The second-order valence-corrected chi connectivity index (χ2v) is 3.84. The molecule has 0 atom stereocenters. The maximum absolute atomic E-state index is 11.1. The van der Waals surface area contributed by atoms with E-state index in [1.165, 1.54) is 12.8 Å². The molecule has 0 aliphatic heterocycles. The van der Waals surface area contributed by atoms with Crippen LogP contribution in [0.3, 0.4) is 0 Å². The average molecular weight is 206 g/mol. The zero-order valence-corrected chi connectivity index (χ0v) is 8.40. The maximum Gasteiger partial charge on any atom is 0.252 e. The van der Waals surface area contributed by atoms with Gasteiger partial charge in [-0.2, -0.15) is 0 Å². The first-order valence-electron chi connectivity index (χ1n) is 4.99. The van der Waals surface area contributed by atoms with Gasteiger partial charge in [-0.05, 0) is 30.9 Å². The first kappa shape index (κ1) is 9.83. The van der Waals surface area contributed by atoms with Crippen LogP contribution in [-0.4, -0.2) is 12.5 Å². The number of benzene rings is 1. The average Bonchev–Trinajstić information content (AvgIpc) is 2.99. The zero-order chi connectivity index (χ0) is 10.8. The zero-order valence-electron chi connectivity index (χ0n) is 8.40. The van der Waals surface area contributed by atoms with E-state index in [1.807, 2.05) is 0 Å². The van der Waals surface area contributed by atoms with E-state index < -0.39 is 5.91 Å². The minimum Gasteiger partial charge on any atom is -0.490 e. The smallest absolute Gasteiger partial charge is 0.252 e. The Morgan fingerprint density at radius 2 is 2.20 bits per heavy atom. The molecule has 0 heterocycles. The normalized spacial score (nSPS) is 14.9. The molecule has 1 saturated carbocycles. The fraction of sp³-hybridized carbons (Fsp3) is 0.364. The summed E-state index contributed by atoms with van der Waals surface area (Å²) in [4.78, 5) is 11.1. The van der Waals surface area contributed by atoms with Crippen molar-refractivity contribution in [2.24, 2.45) is 11.7 Å². The van der Waals surface area contributed by atoms with E-state index in [4.69, 9.17) is 16.2 Å². The van der Waals surface area contributed by atoms with E-state index in [2.05, 4.69) is 0 Å². The number of carbonyl (C=O) groups excluding carboxylic acids is 1. The van der Waals surface area contributed by atoms with Crippen molar-refractivity contribution in [3.05, 3.63) is 23.8 Å². The van der Waals surface area contributed by atoms with Crippen molar-refractivity contribution < 1.29 is 9.53 Å². The van der Waals surface area contributed by atoms with Crippen molar-refractivity contribution in [3.8, 4) is 5.75 Å². The molecule has 15 heavy (non-hydrogen) atoms. The molecule has 1 aliphatic carbocycles. The highest BCUT2D eigenvalue weighted by molar-refractivity contribution is 5.97. The Kier molecular flexibility index (Phi) is 2.49. The Labute approximate surface area is 88.2 Å². The number of amides is 1. The van der Waals surface area contributed by atoms with Crippen molar-refractivity contribution in [1.29, 1.82) is 0 Å². The Hall–Kier alpha value is -1.71. The highest BCUT2D eigenvalue weighted by Gasteiger charge is 2.23. The number of hydrogen-bond donors (Lipinski definition) is 2. The van der Waals surface area contributed by atoms with Crippen LogP contribution in [0.2, 0.25) is 0 Å². The molecule has 0 unspecified atom stereocenters. The van der Waals surface area contributed by atoms with Crippen molar-refractivity contribution in [1.82, 2.24) is 0 Å². The molecule has 2 rings (SSSR count). The van der Waals surface area contributed by atoms with Crippen molar-refractivity contribution >= 4 is 11.6 Å². The number of carbonyl (C=O) groups is 1. The van der Waals surface area contributed by atoms with E-state index >= 15 is 0 Å². The van der Waals surface area contributed by atoms with Crippen LogP contribution >= 0.6 is 0 Å². The third kappa shape index (κ3) is 2.21. The highest BCUT2D eigenvalue weighted by atomic mass is 16.5. The van der Waals surface area contributed by atoms with E-state index in [1.54, 1.807) is 18.2 Å². The highest BCUT2D eigenvalue weighted by Crippen LogP contribution is 2.32. The van der Waals surface area contributed by atoms with Gasteiger partial charge in [-0.25, -0.2) is 0 Å². The molecule has 4 nitrogen and oxygen atoms in total. The summed E-state index contributed by atoms with van der Waals surface area (Å²) in [6.07, 6.45) is 2.39. The first-order chi connectivity index (χ1) is 7.18. The standard InChI is InChI=1S/C11H14N2O2/c12-9-3-1-2-8(11(13)14)10(9)15-6-7-4-5-7/h1-3,7H,4-6,12H2,(H2,13,14). The number of para-hydroxylation sites is 1. The van der Waals surface area contributed by atoms with Crippen LogP contribution < -0.4 is 16.2 Å². The summed E-state index contributed by atoms with van der Waals surface area (Å²) < 4.78 is 5.53. The number of nitrogen functional groups attached to an aromatic ring is 1. The first-order valence-corrected chi connectivity index (χ1v) is 4.99.